The maximum absolute atomic E-state index is 15.4. The van der Waals surface area contributed by atoms with E-state index < -0.39 is 43.8 Å². The number of halogens is 5. The predicted octanol–water partition coefficient (Wildman–Crippen LogP) is 5.18. The zero-order chi connectivity index (χ0) is 31.7. The van der Waals surface area contributed by atoms with Crippen LogP contribution in [0, 0.1) is 11.6 Å². The molecule has 14 heteroatoms. The van der Waals surface area contributed by atoms with Gasteiger partial charge < -0.3 is 9.80 Å². The number of hydrogen-bond acceptors (Lipinski definition) is 7. The van der Waals surface area contributed by atoms with Gasteiger partial charge in [0.05, 0.1) is 5.56 Å². The first kappa shape index (κ1) is 32.0. The van der Waals surface area contributed by atoms with Crippen LogP contribution in [0.15, 0.2) is 59.9 Å². The van der Waals surface area contributed by atoms with Crippen LogP contribution in [-0.2, 0) is 22.6 Å². The second kappa shape index (κ2) is 12.6. The van der Waals surface area contributed by atoms with Gasteiger partial charge in [0.25, 0.3) is 10.0 Å². The van der Waals surface area contributed by atoms with E-state index in [2.05, 4.69) is 24.5 Å². The molecule has 2 aliphatic rings. The van der Waals surface area contributed by atoms with Gasteiger partial charge in [-0.2, -0.15) is 13.2 Å². The van der Waals surface area contributed by atoms with Crippen molar-refractivity contribution >= 4 is 21.5 Å². The van der Waals surface area contributed by atoms with E-state index in [1.165, 1.54) is 24.4 Å². The summed E-state index contributed by atoms with van der Waals surface area (Å²) in [7, 11) is -0.568. The van der Waals surface area contributed by atoms with Crippen LogP contribution in [-0.4, -0.2) is 80.0 Å². The number of alkyl halides is 3. The third kappa shape index (κ3) is 6.97. The second-order valence-corrected chi connectivity index (χ2v) is 13.3. The quantitative estimate of drug-likeness (QED) is 0.324. The monoisotopic (exact) mass is 638 g/mol. The van der Waals surface area contributed by atoms with E-state index in [-0.39, 0.29) is 17.5 Å². The van der Waals surface area contributed by atoms with Gasteiger partial charge in [0.1, 0.15) is 23.8 Å². The van der Waals surface area contributed by atoms with E-state index in [4.69, 9.17) is 0 Å². The van der Waals surface area contributed by atoms with Crippen molar-refractivity contribution in [3.8, 4) is 0 Å². The second-order valence-electron chi connectivity index (χ2n) is 11.7. The van der Waals surface area contributed by atoms with Crippen molar-refractivity contribution in [2.45, 2.75) is 54.8 Å². The molecule has 3 heterocycles. The number of piperidine rings is 1. The molecule has 44 heavy (non-hydrogen) atoms. The Morgan fingerprint density at radius 2 is 1.86 bits per heavy atom. The minimum Gasteiger partial charge on any atom is -0.370 e. The van der Waals surface area contributed by atoms with Gasteiger partial charge in [-0.25, -0.2) is 27.2 Å². The molecular formula is C30H35F5N6O2S. The third-order valence-corrected chi connectivity index (χ3v) is 10.2. The highest BCUT2D eigenvalue weighted by molar-refractivity contribution is 7.92. The van der Waals surface area contributed by atoms with Gasteiger partial charge in [-0.05, 0) is 82.6 Å². The molecule has 5 rings (SSSR count). The van der Waals surface area contributed by atoms with Crippen molar-refractivity contribution in [1.82, 2.24) is 19.8 Å². The number of sulfonamides is 1. The number of likely N-dealkylation sites (N-methyl/N-ethyl adjacent to an activating group) is 2. The maximum Gasteiger partial charge on any atom is 0.416 e. The molecule has 0 radical (unpaired) electrons. The average molecular weight is 639 g/mol. The molecule has 0 bridgehead atoms. The fraction of sp³-hybridized carbons (Fsp3) is 0.467. The van der Waals surface area contributed by atoms with Crippen LogP contribution in [0.1, 0.15) is 36.8 Å². The Hall–Kier alpha value is -3.36. The van der Waals surface area contributed by atoms with Crippen LogP contribution < -0.4 is 9.62 Å². The molecule has 238 valence electrons. The molecule has 0 spiro atoms. The van der Waals surface area contributed by atoms with Crippen molar-refractivity contribution in [2.24, 2.45) is 0 Å². The van der Waals surface area contributed by atoms with Crippen molar-refractivity contribution in [2.75, 3.05) is 49.9 Å². The molecule has 0 saturated carbocycles. The highest BCUT2D eigenvalue weighted by atomic mass is 32.2. The van der Waals surface area contributed by atoms with E-state index in [0.717, 1.165) is 50.5 Å². The summed E-state index contributed by atoms with van der Waals surface area (Å²) >= 11 is 0. The van der Waals surface area contributed by atoms with Crippen molar-refractivity contribution < 1.29 is 30.4 Å². The van der Waals surface area contributed by atoms with E-state index in [1.807, 2.05) is 19.0 Å². The van der Waals surface area contributed by atoms with Gasteiger partial charge in [0.15, 0.2) is 4.90 Å². The smallest absolute Gasteiger partial charge is 0.370 e. The first-order valence-electron chi connectivity index (χ1n) is 14.4. The summed E-state index contributed by atoms with van der Waals surface area (Å²) in [6, 6.07) is 8.83. The Morgan fingerprint density at radius 1 is 1.11 bits per heavy atom. The van der Waals surface area contributed by atoms with E-state index in [9.17, 15) is 21.6 Å². The number of benzene rings is 2. The lowest BCUT2D eigenvalue weighted by molar-refractivity contribution is -0.137. The topological polar surface area (TPSA) is 81.7 Å². The number of nitrogens with zero attached hydrogens (tertiary/aromatic N) is 5. The number of likely N-dealkylation sites (tertiary alicyclic amines) is 1. The summed E-state index contributed by atoms with van der Waals surface area (Å²) in [6.45, 7) is 2.59. The third-order valence-electron chi connectivity index (χ3n) is 8.79. The Kier molecular flexibility index (Phi) is 9.15. The molecule has 1 N–H and O–H groups in total. The Balaban J connectivity index is 1.43. The van der Waals surface area contributed by atoms with Gasteiger partial charge in [-0.3, -0.25) is 9.62 Å². The van der Waals surface area contributed by atoms with Gasteiger partial charge in [-0.15, -0.1) is 0 Å². The van der Waals surface area contributed by atoms with Crippen LogP contribution >= 0.6 is 0 Å². The van der Waals surface area contributed by atoms with Crippen LogP contribution in [0.25, 0.3) is 0 Å². The van der Waals surface area contributed by atoms with Crippen molar-refractivity contribution in [3.05, 3.63) is 77.8 Å². The van der Waals surface area contributed by atoms with E-state index in [0.29, 0.717) is 37.9 Å². The van der Waals surface area contributed by atoms with Gasteiger partial charge >= 0.3 is 6.18 Å². The number of anilines is 2. The van der Waals surface area contributed by atoms with Crippen LogP contribution in [0.4, 0.5) is 33.5 Å². The standard InChI is InChI=1S/C30H35F5N6O2S/c1-39-14-9-23(18-39)40(2)29(11-7-21-5-3-6-22(15-21)30(33,34)35)10-4-13-41(19-29)24-16-25(31)28(26(32)17-24)44(42,43)38-27-8-12-36-20-37-27/h3,5-6,8,12,15-17,20,23H,4,7,9-11,13-14,18-19H2,1-2H3,(H,36,37,38)/t23-,29-/m1/s1. The van der Waals surface area contributed by atoms with Crippen LogP contribution in [0.3, 0.4) is 0 Å². The summed E-state index contributed by atoms with van der Waals surface area (Å²) in [5.41, 5.74) is -0.443. The molecular weight excluding hydrogens is 603 g/mol. The molecule has 2 aromatic carbocycles. The Labute approximate surface area is 254 Å². The normalized spacial score (nSPS) is 21.6. The molecule has 8 nitrogen and oxygen atoms in total. The zero-order valence-electron chi connectivity index (χ0n) is 24.5. The minimum atomic E-state index is -4.63. The molecule has 0 aliphatic carbocycles. The summed E-state index contributed by atoms with van der Waals surface area (Å²) < 4.78 is 98.7. The first-order chi connectivity index (χ1) is 20.8. The highest BCUT2D eigenvalue weighted by Crippen LogP contribution is 2.38. The average Bonchev–Trinajstić information content (AvgIpc) is 3.41. The molecule has 1 aromatic heterocycles. The molecule has 2 saturated heterocycles. The molecule has 2 atom stereocenters. The summed E-state index contributed by atoms with van der Waals surface area (Å²) in [4.78, 5) is 12.7. The van der Waals surface area contributed by atoms with Gasteiger partial charge in [0.2, 0.25) is 0 Å². The number of hydrogen-bond donors (Lipinski definition) is 1. The van der Waals surface area contributed by atoms with Gasteiger partial charge in [-0.1, -0.05) is 18.2 Å². The van der Waals surface area contributed by atoms with Crippen LogP contribution in [0.2, 0.25) is 0 Å². The largest absolute Gasteiger partial charge is 0.416 e. The van der Waals surface area contributed by atoms with Gasteiger partial charge in [0, 0.05) is 43.1 Å². The fourth-order valence-electron chi connectivity index (χ4n) is 6.42. The molecule has 0 unspecified atom stereocenters. The molecule has 0 amide bonds. The lowest BCUT2D eigenvalue weighted by Gasteiger charge is -2.51. The van der Waals surface area contributed by atoms with Crippen LogP contribution in [0.5, 0.6) is 0 Å². The number of aryl methyl sites for hydroxylation is 1. The predicted molar refractivity (Wildman–Crippen MR) is 157 cm³/mol. The lowest BCUT2D eigenvalue weighted by Crippen LogP contribution is -2.61. The van der Waals surface area contributed by atoms with E-state index >= 15 is 8.78 Å². The van der Waals surface area contributed by atoms with Crippen molar-refractivity contribution in [3.63, 3.8) is 0 Å². The number of rotatable bonds is 9. The number of aromatic nitrogens is 2. The molecule has 3 aromatic rings. The lowest BCUT2D eigenvalue weighted by atomic mass is 9.80. The summed E-state index contributed by atoms with van der Waals surface area (Å²) in [6.07, 6.45) is 1.21. The fourth-order valence-corrected chi connectivity index (χ4v) is 7.55. The minimum absolute atomic E-state index is 0.134. The summed E-state index contributed by atoms with van der Waals surface area (Å²) in [5.74, 6) is -2.62. The SMILES string of the molecule is CN1CC[C@@H](N(C)[C@@]2(CCc3cccc(C(F)(F)F)c3)CCCN(c3cc(F)c(S(=O)(=O)Nc4ccncn4)c(F)c3)C2)C1. The van der Waals surface area contributed by atoms with Crippen molar-refractivity contribution in [1.29, 1.82) is 0 Å². The number of nitrogens with one attached hydrogen (secondary N) is 1. The first-order valence-corrected chi connectivity index (χ1v) is 15.9. The Bertz CT molecular complexity index is 1550. The zero-order valence-corrected chi connectivity index (χ0v) is 25.3. The molecule has 2 fully saturated rings. The maximum atomic E-state index is 15.4. The van der Waals surface area contributed by atoms with E-state index in [1.54, 1.807) is 6.07 Å². The molecule has 2 aliphatic heterocycles. The Morgan fingerprint density at radius 3 is 2.50 bits per heavy atom. The highest BCUT2D eigenvalue weighted by Gasteiger charge is 2.43. The summed E-state index contributed by atoms with van der Waals surface area (Å²) in [5, 5.41) is 0.